The van der Waals surface area contributed by atoms with Crippen molar-refractivity contribution in [1.29, 1.82) is 0 Å². The van der Waals surface area contributed by atoms with Crippen molar-refractivity contribution in [3.05, 3.63) is 46.6 Å². The van der Waals surface area contributed by atoms with Crippen LogP contribution in [0.1, 0.15) is 46.5 Å². The average Bonchev–Trinajstić information content (AvgIpc) is 2.65. The van der Waals surface area contributed by atoms with Crippen LogP contribution in [0.3, 0.4) is 0 Å². The zero-order chi connectivity index (χ0) is 19.1. The van der Waals surface area contributed by atoms with Crippen LogP contribution < -0.4 is 10.6 Å². The second-order valence-corrected chi connectivity index (χ2v) is 6.97. The van der Waals surface area contributed by atoms with Gasteiger partial charge in [-0.3, -0.25) is 4.79 Å². The van der Waals surface area contributed by atoms with E-state index in [-0.39, 0.29) is 16.5 Å². The molecule has 0 aliphatic heterocycles. The van der Waals surface area contributed by atoms with Gasteiger partial charge in [-0.05, 0) is 50.1 Å². The Kier molecular flexibility index (Phi) is 7.46. The fraction of sp³-hybridized carbons (Fsp3) is 0.429. The Morgan fingerprint density at radius 3 is 2.19 bits per heavy atom. The first-order chi connectivity index (χ1) is 12.5. The van der Waals surface area contributed by atoms with Gasteiger partial charge in [0.15, 0.2) is 0 Å². The summed E-state index contributed by atoms with van der Waals surface area (Å²) in [6, 6.07) is 8.15. The van der Waals surface area contributed by atoms with E-state index in [0.29, 0.717) is 11.3 Å². The summed E-state index contributed by atoms with van der Waals surface area (Å²) in [5.41, 5.74) is 9.27. The quantitative estimate of drug-likeness (QED) is 0.644. The number of anilines is 1. The summed E-state index contributed by atoms with van der Waals surface area (Å²) in [6.45, 7) is 8.28. The molecule has 0 unspecified atom stereocenters. The number of Topliss-reactive ketones (excluding diaryl/α,β-unsaturated/α-hetero) is 1. The predicted molar refractivity (Wildman–Crippen MR) is 111 cm³/mol. The monoisotopic (exact) mass is 373 g/mol. The van der Waals surface area contributed by atoms with Gasteiger partial charge in [-0.15, -0.1) is 0 Å². The molecule has 5 heteroatoms. The Bertz CT molecular complexity index is 724. The smallest absolute Gasteiger partial charge is 0.202 e. The first kappa shape index (κ1) is 20.2. The number of benzene rings is 1. The minimum absolute atomic E-state index is 0.0469. The zero-order valence-electron chi connectivity index (χ0n) is 15.9. The van der Waals surface area contributed by atoms with E-state index in [1.165, 1.54) is 31.4 Å². The molecule has 0 spiro atoms. The maximum atomic E-state index is 11.8. The first-order valence-corrected chi connectivity index (χ1v) is 9.68. The van der Waals surface area contributed by atoms with E-state index >= 15 is 0 Å². The molecule has 0 saturated heterocycles. The van der Waals surface area contributed by atoms with Gasteiger partial charge in [-0.2, -0.15) is 0 Å². The summed E-state index contributed by atoms with van der Waals surface area (Å²) < 4.78 is 0. The third kappa shape index (κ3) is 4.98. The van der Waals surface area contributed by atoms with Gasteiger partial charge < -0.3 is 10.6 Å². The van der Waals surface area contributed by atoms with E-state index in [1.807, 2.05) is 12.1 Å². The lowest BCUT2D eigenvalue weighted by Crippen LogP contribution is -2.25. The van der Waals surface area contributed by atoms with Crippen LogP contribution in [-0.4, -0.2) is 24.6 Å². The van der Waals surface area contributed by atoms with E-state index in [4.69, 9.17) is 17.3 Å². The molecule has 2 rings (SSSR count). The number of nitrogens with zero attached hydrogens (tertiary/aromatic N) is 2. The second kappa shape index (κ2) is 9.58. The molecule has 0 atom stereocenters. The van der Waals surface area contributed by atoms with Gasteiger partial charge in [-0.1, -0.05) is 38.3 Å². The lowest BCUT2D eigenvalue weighted by molar-refractivity contribution is -0.111. The number of carbonyl (C=O) groups is 1. The number of halogens is 1. The Morgan fingerprint density at radius 1 is 1.08 bits per heavy atom. The summed E-state index contributed by atoms with van der Waals surface area (Å²) in [6.07, 6.45) is 6.43. The number of ketones is 1. The van der Waals surface area contributed by atoms with Gasteiger partial charge >= 0.3 is 0 Å². The maximum Gasteiger partial charge on any atom is 0.202 e. The molecule has 2 N–H and O–H groups in total. The highest BCUT2D eigenvalue weighted by molar-refractivity contribution is 6.49. The van der Waals surface area contributed by atoms with Crippen molar-refractivity contribution in [2.75, 3.05) is 18.0 Å². The highest BCUT2D eigenvalue weighted by atomic mass is 35.5. The van der Waals surface area contributed by atoms with Crippen LogP contribution in [0.15, 0.2) is 51.6 Å². The van der Waals surface area contributed by atoms with Crippen molar-refractivity contribution >= 4 is 34.5 Å². The third-order valence-corrected chi connectivity index (χ3v) is 4.83. The van der Waals surface area contributed by atoms with Crippen molar-refractivity contribution in [3.8, 4) is 0 Å². The van der Waals surface area contributed by atoms with E-state index in [1.54, 1.807) is 13.0 Å². The molecule has 26 heavy (non-hydrogen) atoms. The Morgan fingerprint density at radius 2 is 1.65 bits per heavy atom. The first-order valence-electron chi connectivity index (χ1n) is 9.30. The number of rotatable bonds is 8. The molecule has 0 aromatic heterocycles. The number of allylic oxidation sites excluding steroid dienone is 3. The Hall–Kier alpha value is -2.07. The Labute approximate surface area is 161 Å². The van der Waals surface area contributed by atoms with Crippen molar-refractivity contribution < 1.29 is 4.79 Å². The molecule has 0 heterocycles. The molecule has 140 valence electrons. The number of unbranched alkanes of at least 4 members (excludes halogenated alkanes) is 2. The van der Waals surface area contributed by atoms with E-state index < -0.39 is 0 Å². The number of carbonyl (C=O) groups excluding carboxylic acids is 1. The molecule has 0 radical (unpaired) electrons. The largest absolute Gasteiger partial charge is 0.396 e. The van der Waals surface area contributed by atoms with E-state index in [9.17, 15) is 4.79 Å². The summed E-state index contributed by atoms with van der Waals surface area (Å²) in [4.78, 5) is 18.8. The SMILES string of the molecule is CCCCN(CCCC)c1ccc(/N=C2\C=C(C)C(=O)C(Cl)=C2N)cc1. The van der Waals surface area contributed by atoms with Crippen molar-refractivity contribution in [1.82, 2.24) is 0 Å². The van der Waals surface area contributed by atoms with Gasteiger partial charge in [0.05, 0.1) is 17.1 Å². The molecule has 0 saturated carbocycles. The number of hydrogen-bond donors (Lipinski definition) is 1. The summed E-state index contributed by atoms with van der Waals surface area (Å²) in [5, 5.41) is 0.0469. The summed E-state index contributed by atoms with van der Waals surface area (Å²) in [7, 11) is 0. The molecule has 1 aliphatic rings. The fourth-order valence-electron chi connectivity index (χ4n) is 2.79. The van der Waals surface area contributed by atoms with Crippen LogP contribution in [0.25, 0.3) is 0 Å². The molecule has 4 nitrogen and oxygen atoms in total. The van der Waals surface area contributed by atoms with Crippen molar-refractivity contribution in [3.63, 3.8) is 0 Å². The molecular weight excluding hydrogens is 346 g/mol. The minimum atomic E-state index is -0.235. The lowest BCUT2D eigenvalue weighted by atomic mass is 10.0. The van der Waals surface area contributed by atoms with Gasteiger partial charge in [0.1, 0.15) is 5.03 Å². The van der Waals surface area contributed by atoms with Gasteiger partial charge in [-0.25, -0.2) is 4.99 Å². The predicted octanol–water partition coefficient (Wildman–Crippen LogP) is 5.10. The molecule has 1 aliphatic carbocycles. The molecule has 1 aromatic rings. The minimum Gasteiger partial charge on any atom is -0.396 e. The summed E-state index contributed by atoms with van der Waals surface area (Å²) >= 11 is 6.01. The lowest BCUT2D eigenvalue weighted by Gasteiger charge is -2.24. The number of nitrogens with two attached hydrogens (primary N) is 1. The highest BCUT2D eigenvalue weighted by Gasteiger charge is 2.21. The Balaban J connectivity index is 2.21. The number of aliphatic imine (C=N–C) groups is 1. The normalized spacial score (nSPS) is 16.2. The van der Waals surface area contributed by atoms with Crippen LogP contribution in [0.5, 0.6) is 0 Å². The van der Waals surface area contributed by atoms with Gasteiger partial charge in [0, 0.05) is 24.4 Å². The van der Waals surface area contributed by atoms with Crippen molar-refractivity contribution in [2.45, 2.75) is 46.5 Å². The van der Waals surface area contributed by atoms with Crippen LogP contribution in [-0.2, 0) is 4.79 Å². The van der Waals surface area contributed by atoms with Crippen LogP contribution >= 0.6 is 11.6 Å². The summed E-state index contributed by atoms with van der Waals surface area (Å²) in [5.74, 6) is -0.235. The molecule has 0 fully saturated rings. The topological polar surface area (TPSA) is 58.7 Å². The van der Waals surface area contributed by atoms with Crippen LogP contribution in [0.4, 0.5) is 11.4 Å². The molecule has 0 amide bonds. The molecular formula is C21H28ClN3O. The van der Waals surface area contributed by atoms with Crippen LogP contribution in [0.2, 0.25) is 0 Å². The molecule has 1 aromatic carbocycles. The standard InChI is InChI=1S/C21H28ClN3O/c1-4-6-12-25(13-7-5-2)17-10-8-16(9-11-17)24-18-14-15(3)21(26)19(22)20(18)23/h8-11,14H,4-7,12-13,23H2,1-3H3/b24-18+. The van der Waals surface area contributed by atoms with E-state index in [2.05, 4.69) is 35.9 Å². The van der Waals surface area contributed by atoms with Crippen LogP contribution in [0, 0.1) is 0 Å². The second-order valence-electron chi connectivity index (χ2n) is 6.59. The third-order valence-electron chi connectivity index (χ3n) is 4.45. The fourth-order valence-corrected chi connectivity index (χ4v) is 3.04. The highest BCUT2D eigenvalue weighted by Crippen LogP contribution is 2.25. The van der Waals surface area contributed by atoms with Crippen molar-refractivity contribution in [2.24, 2.45) is 10.7 Å². The average molecular weight is 374 g/mol. The van der Waals surface area contributed by atoms with Gasteiger partial charge in [0.25, 0.3) is 0 Å². The zero-order valence-corrected chi connectivity index (χ0v) is 16.6. The van der Waals surface area contributed by atoms with E-state index in [0.717, 1.165) is 18.8 Å². The molecule has 0 bridgehead atoms. The number of hydrogen-bond acceptors (Lipinski definition) is 4. The van der Waals surface area contributed by atoms with Gasteiger partial charge in [0.2, 0.25) is 5.78 Å². The maximum absolute atomic E-state index is 11.8.